The van der Waals surface area contributed by atoms with Crippen molar-refractivity contribution in [1.29, 1.82) is 0 Å². The summed E-state index contributed by atoms with van der Waals surface area (Å²) in [6.45, 7) is 11.6. The third kappa shape index (κ3) is 4.26. The molecule has 136 valence electrons. The van der Waals surface area contributed by atoms with Crippen molar-refractivity contribution in [3.05, 3.63) is 29.8 Å². The Morgan fingerprint density at radius 1 is 1.12 bits per heavy atom. The van der Waals surface area contributed by atoms with Crippen LogP contribution < -0.4 is 5.46 Å². The molecule has 25 heavy (non-hydrogen) atoms. The lowest BCUT2D eigenvalue weighted by atomic mass is 9.93. The highest BCUT2D eigenvalue weighted by molar-refractivity contribution is 6.32. The van der Waals surface area contributed by atoms with Crippen LogP contribution in [0.4, 0.5) is 0 Å². The Morgan fingerprint density at radius 3 is 2.32 bits per heavy atom. The van der Waals surface area contributed by atoms with E-state index in [2.05, 4.69) is 55.8 Å². The van der Waals surface area contributed by atoms with Crippen molar-refractivity contribution >= 4 is 19.2 Å². The monoisotopic (exact) mass is 341 g/mol. The Hall–Kier alpha value is -1.33. The topological polar surface area (TPSA) is 26.8 Å². The molecular formula is C20H32BN3O. The van der Waals surface area contributed by atoms with E-state index in [1.54, 1.807) is 6.92 Å². The zero-order chi connectivity index (χ0) is 18.0. The molecule has 3 rings (SSSR count). The van der Waals surface area contributed by atoms with Gasteiger partial charge in [0.15, 0.2) is 0 Å². The van der Waals surface area contributed by atoms with E-state index in [-0.39, 0.29) is 5.91 Å². The predicted molar refractivity (Wildman–Crippen MR) is 106 cm³/mol. The van der Waals surface area contributed by atoms with E-state index >= 15 is 0 Å². The van der Waals surface area contributed by atoms with Gasteiger partial charge in [-0.25, -0.2) is 0 Å². The molecule has 1 aromatic carbocycles. The molecule has 0 N–H and O–H groups in total. The second-order valence-corrected chi connectivity index (χ2v) is 7.91. The maximum absolute atomic E-state index is 11.5. The van der Waals surface area contributed by atoms with Gasteiger partial charge in [-0.1, -0.05) is 29.7 Å². The normalized spacial score (nSPS) is 25.1. The lowest BCUT2D eigenvalue weighted by Crippen LogP contribution is -2.57. The minimum absolute atomic E-state index is 0.226. The summed E-state index contributed by atoms with van der Waals surface area (Å²) in [5, 5.41) is 0. The van der Waals surface area contributed by atoms with E-state index in [1.165, 1.54) is 11.0 Å². The quantitative estimate of drug-likeness (QED) is 0.769. The molecule has 0 saturated carbocycles. The molecule has 0 unspecified atom stereocenters. The minimum Gasteiger partial charge on any atom is -0.343 e. The number of hydrogen-bond acceptors (Lipinski definition) is 3. The van der Waals surface area contributed by atoms with Crippen molar-refractivity contribution in [1.82, 2.24) is 14.7 Å². The summed E-state index contributed by atoms with van der Waals surface area (Å²) in [6, 6.07) is 10.7. The fourth-order valence-electron chi connectivity index (χ4n) is 4.49. The van der Waals surface area contributed by atoms with Crippen LogP contribution in [0.1, 0.15) is 45.2 Å². The Balaban J connectivity index is 1.55. The van der Waals surface area contributed by atoms with Crippen LogP contribution in [0.15, 0.2) is 24.3 Å². The number of likely N-dealkylation sites (tertiary alicyclic amines) is 1. The zero-order valence-electron chi connectivity index (χ0n) is 16.2. The minimum atomic E-state index is 0.226. The Kier molecular flexibility index (Phi) is 5.85. The zero-order valence-corrected chi connectivity index (χ0v) is 16.2. The SMILES string of the molecule is Bc1ccc([C@H](C)N2CCN(C3CCN(C(C)=O)CC3)C[C@@H]2C)cc1. The molecule has 1 aromatic rings. The van der Waals surface area contributed by atoms with Gasteiger partial charge in [-0.3, -0.25) is 14.6 Å². The molecular weight excluding hydrogens is 309 g/mol. The van der Waals surface area contributed by atoms with Gasteiger partial charge in [0, 0.05) is 57.8 Å². The molecule has 2 heterocycles. The number of piperazine rings is 1. The number of hydrogen-bond donors (Lipinski definition) is 0. The average Bonchev–Trinajstić information content (AvgIpc) is 2.62. The summed E-state index contributed by atoms with van der Waals surface area (Å²) in [4.78, 5) is 18.8. The molecule has 0 radical (unpaired) electrons. The van der Waals surface area contributed by atoms with Crippen LogP contribution in [-0.2, 0) is 4.79 Å². The van der Waals surface area contributed by atoms with Gasteiger partial charge in [0.2, 0.25) is 5.91 Å². The summed E-state index contributed by atoms with van der Waals surface area (Å²) >= 11 is 0. The second-order valence-electron chi connectivity index (χ2n) is 7.91. The molecule has 0 aliphatic carbocycles. The van der Waals surface area contributed by atoms with Gasteiger partial charge in [0.25, 0.3) is 0 Å². The van der Waals surface area contributed by atoms with E-state index in [9.17, 15) is 4.79 Å². The Bertz CT molecular complexity index is 583. The number of carbonyl (C=O) groups excluding carboxylic acids is 1. The molecule has 0 bridgehead atoms. The number of rotatable bonds is 3. The molecule has 0 aromatic heterocycles. The maximum atomic E-state index is 11.5. The van der Waals surface area contributed by atoms with Crippen LogP contribution in [0.5, 0.6) is 0 Å². The van der Waals surface area contributed by atoms with Crippen LogP contribution >= 0.6 is 0 Å². The fourth-order valence-corrected chi connectivity index (χ4v) is 4.49. The number of piperidine rings is 1. The first kappa shape index (κ1) is 18.5. The third-order valence-electron chi connectivity index (χ3n) is 6.19. The number of carbonyl (C=O) groups is 1. The summed E-state index contributed by atoms with van der Waals surface area (Å²) in [6.07, 6.45) is 2.25. The van der Waals surface area contributed by atoms with Crippen LogP contribution in [-0.4, -0.2) is 73.3 Å². The van der Waals surface area contributed by atoms with Crippen molar-refractivity contribution < 1.29 is 4.79 Å². The van der Waals surface area contributed by atoms with Crippen molar-refractivity contribution in [3.8, 4) is 0 Å². The van der Waals surface area contributed by atoms with Crippen LogP contribution in [0.25, 0.3) is 0 Å². The highest BCUT2D eigenvalue weighted by Crippen LogP contribution is 2.27. The number of benzene rings is 1. The van der Waals surface area contributed by atoms with Gasteiger partial charge >= 0.3 is 0 Å². The number of nitrogens with zero attached hydrogens (tertiary/aromatic N) is 3. The Labute approximate surface area is 153 Å². The molecule has 2 saturated heterocycles. The lowest BCUT2D eigenvalue weighted by molar-refractivity contribution is -0.130. The first-order valence-corrected chi connectivity index (χ1v) is 9.77. The molecule has 0 spiro atoms. The smallest absolute Gasteiger partial charge is 0.219 e. The van der Waals surface area contributed by atoms with E-state index in [0.29, 0.717) is 18.1 Å². The van der Waals surface area contributed by atoms with Crippen molar-refractivity contribution in [2.75, 3.05) is 32.7 Å². The molecule has 2 aliphatic heterocycles. The highest BCUT2D eigenvalue weighted by atomic mass is 16.2. The lowest BCUT2D eigenvalue weighted by Gasteiger charge is -2.47. The molecule has 1 amide bonds. The molecule has 2 aliphatic rings. The number of amides is 1. The van der Waals surface area contributed by atoms with Crippen molar-refractivity contribution in [3.63, 3.8) is 0 Å². The summed E-state index contributed by atoms with van der Waals surface area (Å²) in [5.41, 5.74) is 2.74. The predicted octanol–water partition coefficient (Wildman–Crippen LogP) is 1.02. The standard InChI is InChI=1S/C20H32BN3O/c1-15-14-23(20-8-10-22(11-9-20)17(3)25)12-13-24(15)16(2)18-4-6-19(21)7-5-18/h4-7,15-16,20H,8-14,21H2,1-3H3/t15-,16-/m0/s1. The van der Waals surface area contributed by atoms with Crippen LogP contribution in [0, 0.1) is 0 Å². The van der Waals surface area contributed by atoms with Crippen LogP contribution in [0.2, 0.25) is 0 Å². The second kappa shape index (κ2) is 7.92. The molecule has 5 heteroatoms. The van der Waals surface area contributed by atoms with Gasteiger partial charge in [0.1, 0.15) is 7.85 Å². The first-order chi connectivity index (χ1) is 12.0. The van der Waals surface area contributed by atoms with Gasteiger partial charge in [-0.15, -0.1) is 0 Å². The summed E-state index contributed by atoms with van der Waals surface area (Å²) in [7, 11) is 2.15. The van der Waals surface area contributed by atoms with E-state index in [4.69, 9.17) is 0 Å². The fraction of sp³-hybridized carbons (Fsp3) is 0.650. The molecule has 2 atom stereocenters. The van der Waals surface area contributed by atoms with E-state index in [1.807, 2.05) is 4.90 Å². The largest absolute Gasteiger partial charge is 0.343 e. The van der Waals surface area contributed by atoms with Gasteiger partial charge in [-0.05, 0) is 32.3 Å². The van der Waals surface area contributed by atoms with Crippen LogP contribution in [0.3, 0.4) is 0 Å². The van der Waals surface area contributed by atoms with E-state index < -0.39 is 0 Å². The van der Waals surface area contributed by atoms with Gasteiger partial charge < -0.3 is 4.90 Å². The van der Waals surface area contributed by atoms with Gasteiger partial charge in [-0.2, -0.15) is 0 Å². The maximum Gasteiger partial charge on any atom is 0.219 e. The first-order valence-electron chi connectivity index (χ1n) is 9.77. The molecule has 4 nitrogen and oxygen atoms in total. The van der Waals surface area contributed by atoms with Gasteiger partial charge in [0.05, 0.1) is 0 Å². The molecule has 2 fully saturated rings. The average molecular weight is 341 g/mol. The highest BCUT2D eigenvalue weighted by Gasteiger charge is 2.33. The van der Waals surface area contributed by atoms with E-state index in [0.717, 1.165) is 45.6 Å². The van der Waals surface area contributed by atoms with Crippen molar-refractivity contribution in [2.24, 2.45) is 0 Å². The van der Waals surface area contributed by atoms with Crippen molar-refractivity contribution in [2.45, 2.75) is 51.7 Å². The summed E-state index contributed by atoms with van der Waals surface area (Å²) in [5.74, 6) is 0.226. The Morgan fingerprint density at radius 2 is 1.76 bits per heavy atom. The third-order valence-corrected chi connectivity index (χ3v) is 6.19. The summed E-state index contributed by atoms with van der Waals surface area (Å²) < 4.78 is 0.